The maximum Gasteiger partial charge on any atom is 0.296 e. The molecule has 0 aromatic heterocycles. The van der Waals surface area contributed by atoms with Crippen LogP contribution in [0.2, 0.25) is 0 Å². The zero-order valence-electron chi connectivity index (χ0n) is 13.0. The summed E-state index contributed by atoms with van der Waals surface area (Å²) in [4.78, 5) is 32.3. The Morgan fingerprint density at radius 3 is 2.24 bits per heavy atom. The molecule has 2 aromatic carbocycles. The van der Waals surface area contributed by atoms with Crippen LogP contribution in [0.25, 0.3) is 0 Å². The van der Waals surface area contributed by atoms with E-state index in [9.17, 15) is 25.0 Å². The molecule has 0 spiro atoms. The van der Waals surface area contributed by atoms with E-state index in [0.29, 0.717) is 0 Å². The number of hydrogen-bond acceptors (Lipinski definition) is 7. The maximum absolute atomic E-state index is 11.9. The molecule has 0 aliphatic heterocycles. The molecule has 0 fully saturated rings. The van der Waals surface area contributed by atoms with Crippen molar-refractivity contribution in [2.24, 2.45) is 0 Å². The van der Waals surface area contributed by atoms with Crippen LogP contribution >= 0.6 is 0 Å². The Morgan fingerprint density at radius 2 is 1.68 bits per heavy atom. The van der Waals surface area contributed by atoms with Gasteiger partial charge in [-0.25, -0.2) is 0 Å². The monoisotopic (exact) mass is 347 g/mol. The Hall–Kier alpha value is -3.69. The van der Waals surface area contributed by atoms with Gasteiger partial charge in [-0.2, -0.15) is 0 Å². The van der Waals surface area contributed by atoms with Crippen LogP contribution in [0.15, 0.2) is 42.5 Å². The van der Waals surface area contributed by atoms with Gasteiger partial charge in [-0.1, -0.05) is 0 Å². The lowest BCUT2D eigenvalue weighted by molar-refractivity contribution is -0.384. The lowest BCUT2D eigenvalue weighted by Crippen LogP contribution is -2.20. The zero-order chi connectivity index (χ0) is 18.4. The molecule has 0 radical (unpaired) electrons. The van der Waals surface area contributed by atoms with Crippen LogP contribution in [0.1, 0.15) is 0 Å². The number of amides is 1. The van der Waals surface area contributed by atoms with Crippen molar-refractivity contribution in [3.05, 3.63) is 62.7 Å². The number of carbonyl (C=O) groups excluding carboxylic acids is 1. The van der Waals surface area contributed by atoms with E-state index in [1.807, 2.05) is 0 Å². The summed E-state index contributed by atoms with van der Waals surface area (Å²) in [6, 6.07) is 9.18. The van der Waals surface area contributed by atoms with Crippen LogP contribution in [0.3, 0.4) is 0 Å². The summed E-state index contributed by atoms with van der Waals surface area (Å²) >= 11 is 0. The molecular weight excluding hydrogens is 334 g/mol. The fraction of sp³-hybridized carbons (Fsp3) is 0.133. The van der Waals surface area contributed by atoms with E-state index in [1.54, 1.807) is 0 Å². The second-order valence-electron chi connectivity index (χ2n) is 4.73. The van der Waals surface area contributed by atoms with Gasteiger partial charge < -0.3 is 14.8 Å². The van der Waals surface area contributed by atoms with E-state index in [2.05, 4.69) is 5.32 Å². The molecule has 0 aliphatic carbocycles. The molecule has 10 nitrogen and oxygen atoms in total. The first-order valence-electron chi connectivity index (χ1n) is 6.90. The summed E-state index contributed by atoms with van der Waals surface area (Å²) in [5, 5.41) is 24.0. The highest BCUT2D eigenvalue weighted by Gasteiger charge is 2.17. The molecule has 2 aromatic rings. The quantitative estimate of drug-likeness (QED) is 0.600. The number of ether oxygens (including phenoxy) is 2. The van der Waals surface area contributed by atoms with Crippen LogP contribution in [0.4, 0.5) is 17.1 Å². The number of nitrogens with one attached hydrogen (secondary N) is 1. The number of carbonyl (C=O) groups is 1. The second-order valence-corrected chi connectivity index (χ2v) is 4.73. The summed E-state index contributed by atoms with van der Waals surface area (Å²) in [6.07, 6.45) is 0. The Kier molecular flexibility index (Phi) is 5.46. The van der Waals surface area contributed by atoms with Crippen LogP contribution in [0.5, 0.6) is 11.5 Å². The number of nitro benzene ring substituents is 2. The number of nitrogens with zero attached hydrogens (tertiary/aromatic N) is 2. The molecule has 130 valence electrons. The predicted molar refractivity (Wildman–Crippen MR) is 86.9 cm³/mol. The minimum atomic E-state index is -0.644. The van der Waals surface area contributed by atoms with Gasteiger partial charge in [-0.3, -0.25) is 25.0 Å². The van der Waals surface area contributed by atoms with E-state index < -0.39 is 22.4 Å². The van der Waals surface area contributed by atoms with Crippen LogP contribution < -0.4 is 14.8 Å². The molecule has 1 amide bonds. The minimum absolute atomic E-state index is 0.00287. The van der Waals surface area contributed by atoms with Crippen molar-refractivity contribution in [3.8, 4) is 11.5 Å². The number of hydrogen-bond donors (Lipinski definition) is 1. The Labute approximate surface area is 141 Å². The first-order chi connectivity index (χ1) is 11.9. The lowest BCUT2D eigenvalue weighted by Gasteiger charge is -2.09. The summed E-state index contributed by atoms with van der Waals surface area (Å²) in [5.74, 6) is -0.0802. The van der Waals surface area contributed by atoms with Crippen molar-refractivity contribution in [1.29, 1.82) is 0 Å². The molecule has 0 atom stereocenters. The number of benzene rings is 2. The van der Waals surface area contributed by atoms with Gasteiger partial charge in [0.2, 0.25) is 0 Å². The normalized spacial score (nSPS) is 9.96. The van der Waals surface area contributed by atoms with E-state index >= 15 is 0 Å². The Morgan fingerprint density at radius 1 is 1.04 bits per heavy atom. The topological polar surface area (TPSA) is 134 Å². The van der Waals surface area contributed by atoms with Gasteiger partial charge in [0, 0.05) is 12.1 Å². The minimum Gasteiger partial charge on any atom is -0.496 e. The molecular formula is C15H13N3O7. The largest absolute Gasteiger partial charge is 0.496 e. The molecule has 0 unspecified atom stereocenters. The third-order valence-electron chi connectivity index (χ3n) is 3.09. The highest BCUT2D eigenvalue weighted by molar-refractivity contribution is 5.94. The Bertz CT molecular complexity index is 805. The van der Waals surface area contributed by atoms with E-state index in [-0.39, 0.29) is 28.6 Å². The zero-order valence-corrected chi connectivity index (χ0v) is 13.0. The van der Waals surface area contributed by atoms with E-state index in [4.69, 9.17) is 9.47 Å². The van der Waals surface area contributed by atoms with Crippen molar-refractivity contribution in [2.45, 2.75) is 0 Å². The molecule has 0 saturated heterocycles. The van der Waals surface area contributed by atoms with E-state index in [0.717, 1.165) is 0 Å². The van der Waals surface area contributed by atoms with Gasteiger partial charge in [-0.05, 0) is 24.3 Å². The van der Waals surface area contributed by atoms with Gasteiger partial charge in [0.1, 0.15) is 17.2 Å². The summed E-state index contributed by atoms with van der Waals surface area (Å²) in [6.45, 7) is -0.416. The average molecular weight is 347 g/mol. The van der Waals surface area contributed by atoms with Crippen LogP contribution in [-0.4, -0.2) is 29.5 Å². The second kappa shape index (κ2) is 7.73. The lowest BCUT2D eigenvalue weighted by atomic mass is 10.2. The molecule has 25 heavy (non-hydrogen) atoms. The molecule has 0 saturated carbocycles. The fourth-order valence-corrected chi connectivity index (χ4v) is 1.89. The smallest absolute Gasteiger partial charge is 0.296 e. The Balaban J connectivity index is 2.00. The summed E-state index contributed by atoms with van der Waals surface area (Å²) < 4.78 is 10.1. The first kappa shape index (κ1) is 17.7. The van der Waals surface area contributed by atoms with Crippen LogP contribution in [-0.2, 0) is 4.79 Å². The SMILES string of the molecule is COc1ccc(NC(=O)COc2ccc([N+](=O)[O-])cc2)c([N+](=O)[O-])c1. The maximum atomic E-state index is 11.9. The highest BCUT2D eigenvalue weighted by Crippen LogP contribution is 2.28. The molecule has 1 N–H and O–H groups in total. The number of methoxy groups -OCH3 is 1. The summed E-state index contributed by atoms with van der Waals surface area (Å²) in [7, 11) is 1.37. The molecule has 2 rings (SSSR count). The average Bonchev–Trinajstić information content (AvgIpc) is 2.60. The van der Waals surface area contributed by atoms with Gasteiger partial charge in [0.05, 0.1) is 23.0 Å². The highest BCUT2D eigenvalue weighted by atomic mass is 16.6. The molecule has 0 aliphatic rings. The van der Waals surface area contributed by atoms with Crippen LogP contribution in [0, 0.1) is 20.2 Å². The van der Waals surface area contributed by atoms with Crippen molar-refractivity contribution in [3.63, 3.8) is 0 Å². The third-order valence-corrected chi connectivity index (χ3v) is 3.09. The van der Waals surface area contributed by atoms with Gasteiger partial charge in [0.25, 0.3) is 17.3 Å². The number of rotatable bonds is 7. The van der Waals surface area contributed by atoms with Gasteiger partial charge in [0.15, 0.2) is 6.61 Å². The van der Waals surface area contributed by atoms with Crippen molar-refractivity contribution >= 4 is 23.0 Å². The van der Waals surface area contributed by atoms with E-state index in [1.165, 1.54) is 49.6 Å². The third kappa shape index (κ3) is 4.64. The van der Waals surface area contributed by atoms with Gasteiger partial charge in [-0.15, -0.1) is 0 Å². The number of anilines is 1. The summed E-state index contributed by atoms with van der Waals surface area (Å²) in [5.41, 5.74) is -0.420. The van der Waals surface area contributed by atoms with Gasteiger partial charge >= 0.3 is 0 Å². The molecule has 10 heteroatoms. The fourth-order valence-electron chi connectivity index (χ4n) is 1.89. The standard InChI is InChI=1S/C15H13N3O7/c1-24-12-6-7-13(14(8-12)18(22)23)16-15(19)9-25-11-4-2-10(3-5-11)17(20)21/h2-8H,9H2,1H3,(H,16,19). The van der Waals surface area contributed by atoms with Crippen molar-refractivity contribution in [2.75, 3.05) is 19.0 Å². The number of nitro groups is 2. The first-order valence-corrected chi connectivity index (χ1v) is 6.90. The molecule has 0 heterocycles. The molecule has 0 bridgehead atoms. The van der Waals surface area contributed by atoms with Crippen molar-refractivity contribution in [1.82, 2.24) is 0 Å². The number of non-ortho nitro benzene ring substituents is 1. The predicted octanol–water partition coefficient (Wildman–Crippen LogP) is 2.53. The van der Waals surface area contributed by atoms with Crippen molar-refractivity contribution < 1.29 is 24.1 Å².